The molecule has 0 radical (unpaired) electrons. The Morgan fingerprint density at radius 2 is 2.18 bits per heavy atom. The van der Waals surface area contributed by atoms with Crippen molar-refractivity contribution in [2.24, 2.45) is 0 Å². The zero-order valence-corrected chi connectivity index (χ0v) is 11.7. The maximum absolute atomic E-state index is 11.8. The van der Waals surface area contributed by atoms with E-state index in [1.165, 1.54) is 0 Å². The predicted octanol–water partition coefficient (Wildman–Crippen LogP) is 1.97. The van der Waals surface area contributed by atoms with Gasteiger partial charge in [-0.1, -0.05) is 23.5 Å². The summed E-state index contributed by atoms with van der Waals surface area (Å²) in [7, 11) is 0. The molecule has 88 valence electrons. The molecule has 0 saturated carbocycles. The van der Waals surface area contributed by atoms with Crippen LogP contribution in [-0.2, 0) is 6.54 Å². The SMILES string of the molecule is O=C(NCc1csc(=O)[nH]1)c1ccccc1I. The van der Waals surface area contributed by atoms with Crippen molar-refractivity contribution in [3.05, 3.63) is 54.1 Å². The quantitative estimate of drug-likeness (QED) is 0.823. The maximum Gasteiger partial charge on any atom is 0.304 e. The maximum atomic E-state index is 11.8. The molecule has 0 saturated heterocycles. The van der Waals surface area contributed by atoms with Gasteiger partial charge in [-0.25, -0.2) is 0 Å². The molecule has 1 aromatic carbocycles. The first-order chi connectivity index (χ1) is 8.16. The Bertz CT molecular complexity index is 591. The molecule has 1 aromatic heterocycles. The van der Waals surface area contributed by atoms with Crippen LogP contribution in [-0.4, -0.2) is 10.9 Å². The van der Waals surface area contributed by atoms with Crippen LogP contribution < -0.4 is 10.2 Å². The number of benzene rings is 1. The van der Waals surface area contributed by atoms with Gasteiger partial charge < -0.3 is 10.3 Å². The highest BCUT2D eigenvalue weighted by Gasteiger charge is 2.08. The van der Waals surface area contributed by atoms with Crippen molar-refractivity contribution in [2.75, 3.05) is 0 Å². The molecule has 0 aliphatic rings. The highest BCUT2D eigenvalue weighted by atomic mass is 127. The van der Waals surface area contributed by atoms with Crippen molar-refractivity contribution < 1.29 is 4.79 Å². The average molecular weight is 360 g/mol. The van der Waals surface area contributed by atoms with Crippen LogP contribution in [0.1, 0.15) is 16.1 Å². The highest BCUT2D eigenvalue weighted by Crippen LogP contribution is 2.11. The third-order valence-corrected chi connectivity index (χ3v) is 3.79. The molecule has 1 amide bonds. The monoisotopic (exact) mass is 360 g/mol. The van der Waals surface area contributed by atoms with E-state index in [1.807, 2.05) is 18.2 Å². The molecule has 2 aromatic rings. The molecular weight excluding hydrogens is 351 g/mol. The summed E-state index contributed by atoms with van der Waals surface area (Å²) in [4.78, 5) is 25.3. The minimum Gasteiger partial charge on any atom is -0.346 e. The third-order valence-electron chi connectivity index (χ3n) is 2.13. The van der Waals surface area contributed by atoms with Gasteiger partial charge in [-0.15, -0.1) is 0 Å². The standard InChI is InChI=1S/C11H9IN2O2S/c12-9-4-2-1-3-8(9)10(15)13-5-7-6-17-11(16)14-7/h1-4,6H,5H2,(H,13,15)(H,14,16). The molecule has 0 atom stereocenters. The van der Waals surface area contributed by atoms with Gasteiger partial charge >= 0.3 is 4.87 Å². The van der Waals surface area contributed by atoms with Crippen molar-refractivity contribution in [1.29, 1.82) is 0 Å². The van der Waals surface area contributed by atoms with Crippen LogP contribution in [0.5, 0.6) is 0 Å². The summed E-state index contributed by atoms with van der Waals surface area (Å²) < 4.78 is 0.904. The lowest BCUT2D eigenvalue weighted by molar-refractivity contribution is 0.0949. The van der Waals surface area contributed by atoms with E-state index in [-0.39, 0.29) is 10.8 Å². The van der Waals surface area contributed by atoms with Gasteiger partial charge in [0.2, 0.25) is 0 Å². The lowest BCUT2D eigenvalue weighted by Crippen LogP contribution is -2.24. The Labute approximate surface area is 115 Å². The first-order valence-electron chi connectivity index (χ1n) is 4.86. The molecule has 4 nitrogen and oxygen atoms in total. The van der Waals surface area contributed by atoms with Crippen molar-refractivity contribution in [2.45, 2.75) is 6.54 Å². The van der Waals surface area contributed by atoms with E-state index in [4.69, 9.17) is 0 Å². The van der Waals surface area contributed by atoms with Gasteiger partial charge in [-0.2, -0.15) is 0 Å². The van der Waals surface area contributed by atoms with Crippen molar-refractivity contribution in [1.82, 2.24) is 10.3 Å². The molecular formula is C11H9IN2O2S. The Hall–Kier alpha value is -1.15. The predicted molar refractivity (Wildman–Crippen MR) is 75.3 cm³/mol. The Kier molecular flexibility index (Phi) is 3.95. The number of hydrogen-bond donors (Lipinski definition) is 2. The Morgan fingerprint density at radius 1 is 1.41 bits per heavy atom. The van der Waals surface area contributed by atoms with Crippen molar-refractivity contribution in [3.63, 3.8) is 0 Å². The summed E-state index contributed by atoms with van der Waals surface area (Å²) in [5.41, 5.74) is 1.37. The van der Waals surface area contributed by atoms with E-state index in [0.29, 0.717) is 12.1 Å². The van der Waals surface area contributed by atoms with Gasteiger partial charge in [-0.05, 0) is 34.7 Å². The minimum absolute atomic E-state index is 0.108. The van der Waals surface area contributed by atoms with Crippen molar-refractivity contribution in [3.8, 4) is 0 Å². The number of thiazole rings is 1. The number of aromatic nitrogens is 1. The smallest absolute Gasteiger partial charge is 0.304 e. The van der Waals surface area contributed by atoms with Crippen LogP contribution in [0.3, 0.4) is 0 Å². The largest absolute Gasteiger partial charge is 0.346 e. The zero-order chi connectivity index (χ0) is 12.3. The average Bonchev–Trinajstić information content (AvgIpc) is 2.73. The summed E-state index contributed by atoms with van der Waals surface area (Å²) in [6.45, 7) is 0.336. The number of H-pyrrole nitrogens is 1. The van der Waals surface area contributed by atoms with Gasteiger partial charge in [0.15, 0.2) is 0 Å². The molecule has 1 heterocycles. The van der Waals surface area contributed by atoms with Crippen molar-refractivity contribution >= 4 is 39.8 Å². The number of rotatable bonds is 3. The molecule has 0 aliphatic heterocycles. The summed E-state index contributed by atoms with van der Waals surface area (Å²) in [6.07, 6.45) is 0. The molecule has 6 heteroatoms. The van der Waals surface area contributed by atoms with Gasteiger partial charge in [0, 0.05) is 14.6 Å². The molecule has 0 unspecified atom stereocenters. The number of carbonyl (C=O) groups excluding carboxylic acids is 1. The molecule has 2 N–H and O–H groups in total. The van der Waals surface area contributed by atoms with Crippen LogP contribution >= 0.6 is 33.9 Å². The lowest BCUT2D eigenvalue weighted by atomic mass is 10.2. The number of hydrogen-bond acceptors (Lipinski definition) is 3. The third kappa shape index (κ3) is 3.16. The fraction of sp³-hybridized carbons (Fsp3) is 0.0909. The number of amides is 1. The molecule has 0 fully saturated rings. The van der Waals surface area contributed by atoms with Gasteiger partial charge in [0.1, 0.15) is 0 Å². The van der Waals surface area contributed by atoms with Gasteiger partial charge in [0.25, 0.3) is 5.91 Å². The molecule has 2 rings (SSSR count). The second-order valence-corrected chi connectivity index (χ2v) is 5.34. The van der Waals surface area contributed by atoms with Gasteiger partial charge in [0.05, 0.1) is 12.1 Å². The van der Waals surface area contributed by atoms with E-state index in [2.05, 4.69) is 32.9 Å². The van der Waals surface area contributed by atoms with E-state index >= 15 is 0 Å². The van der Waals surface area contributed by atoms with Crippen LogP contribution in [0.15, 0.2) is 34.4 Å². The summed E-state index contributed by atoms with van der Waals surface area (Å²) in [5.74, 6) is -0.137. The topological polar surface area (TPSA) is 62.0 Å². The van der Waals surface area contributed by atoms with E-state index in [0.717, 1.165) is 20.6 Å². The molecule has 17 heavy (non-hydrogen) atoms. The van der Waals surface area contributed by atoms with E-state index < -0.39 is 0 Å². The van der Waals surface area contributed by atoms with Crippen LogP contribution in [0, 0.1) is 3.57 Å². The molecule has 0 bridgehead atoms. The molecule has 0 spiro atoms. The first-order valence-corrected chi connectivity index (χ1v) is 6.82. The lowest BCUT2D eigenvalue weighted by Gasteiger charge is -2.05. The Morgan fingerprint density at radius 3 is 2.82 bits per heavy atom. The van der Waals surface area contributed by atoms with Crippen LogP contribution in [0.4, 0.5) is 0 Å². The number of halogens is 1. The fourth-order valence-electron chi connectivity index (χ4n) is 1.32. The second-order valence-electron chi connectivity index (χ2n) is 3.34. The number of carbonyl (C=O) groups is 1. The Balaban J connectivity index is 2.03. The van der Waals surface area contributed by atoms with Crippen LogP contribution in [0.25, 0.3) is 0 Å². The molecule has 0 aliphatic carbocycles. The zero-order valence-electron chi connectivity index (χ0n) is 8.70. The fourth-order valence-corrected chi connectivity index (χ4v) is 2.53. The van der Waals surface area contributed by atoms with E-state index in [1.54, 1.807) is 11.4 Å². The van der Waals surface area contributed by atoms with Crippen LogP contribution in [0.2, 0.25) is 0 Å². The van der Waals surface area contributed by atoms with Gasteiger partial charge in [-0.3, -0.25) is 9.59 Å². The number of aromatic amines is 1. The summed E-state index contributed by atoms with van der Waals surface area (Å²) >= 11 is 3.21. The minimum atomic E-state index is -0.137. The number of nitrogens with one attached hydrogen (secondary N) is 2. The first kappa shape index (κ1) is 12.3. The second kappa shape index (κ2) is 5.46. The summed E-state index contributed by atoms with van der Waals surface area (Å²) in [5, 5.41) is 4.47. The summed E-state index contributed by atoms with van der Waals surface area (Å²) in [6, 6.07) is 7.36. The van der Waals surface area contributed by atoms with E-state index in [9.17, 15) is 9.59 Å². The highest BCUT2D eigenvalue weighted by molar-refractivity contribution is 14.1. The normalized spacial score (nSPS) is 10.2.